The Morgan fingerprint density at radius 1 is 1.00 bits per heavy atom. The Morgan fingerprint density at radius 3 is 2.48 bits per heavy atom. The average Bonchev–Trinajstić information content (AvgIpc) is 2.54. The summed E-state index contributed by atoms with van der Waals surface area (Å²) in [6, 6.07) is 13.5. The Hall–Kier alpha value is -1.54. The monoisotopic (exact) mass is 285 g/mol. The van der Waals surface area contributed by atoms with Gasteiger partial charge < -0.3 is 10.1 Å². The van der Waals surface area contributed by atoms with Crippen LogP contribution in [0.5, 0.6) is 5.75 Å². The molecule has 0 aliphatic carbocycles. The molecule has 2 heteroatoms. The van der Waals surface area contributed by atoms with Gasteiger partial charge in [-0.05, 0) is 53.9 Å². The van der Waals surface area contributed by atoms with E-state index < -0.39 is 0 Å². The zero-order valence-corrected chi connectivity index (χ0v) is 13.5. The van der Waals surface area contributed by atoms with E-state index >= 15 is 0 Å². The normalized spacial score (nSPS) is 12.5. The van der Waals surface area contributed by atoms with Crippen LogP contribution < -0.4 is 10.1 Å². The summed E-state index contributed by atoms with van der Waals surface area (Å²) in [7, 11) is 1.71. The third kappa shape index (κ3) is 4.21. The van der Waals surface area contributed by atoms with E-state index in [0.29, 0.717) is 6.04 Å². The molecular weight excluding hydrogens is 258 g/mol. The molecule has 2 rings (SSSR count). The number of nitrogens with one attached hydrogen (secondary N) is 1. The quantitative estimate of drug-likeness (QED) is 0.730. The summed E-state index contributed by atoms with van der Waals surface area (Å²) in [5.41, 5.74) is 1.40. The summed E-state index contributed by atoms with van der Waals surface area (Å²) in [6.07, 6.45) is 4.89. The van der Waals surface area contributed by atoms with E-state index in [4.69, 9.17) is 4.74 Å². The van der Waals surface area contributed by atoms with Gasteiger partial charge in [-0.25, -0.2) is 0 Å². The van der Waals surface area contributed by atoms with Gasteiger partial charge in [0.05, 0.1) is 7.11 Å². The summed E-state index contributed by atoms with van der Waals surface area (Å²) >= 11 is 0. The Kier molecular flexibility index (Phi) is 6.06. The molecule has 1 N–H and O–H groups in total. The Balaban J connectivity index is 2.25. The first-order valence-corrected chi connectivity index (χ1v) is 8.09. The van der Waals surface area contributed by atoms with Crippen molar-refractivity contribution >= 4 is 10.8 Å². The van der Waals surface area contributed by atoms with Crippen LogP contribution in [0.4, 0.5) is 0 Å². The van der Waals surface area contributed by atoms with Gasteiger partial charge in [-0.2, -0.15) is 0 Å². The van der Waals surface area contributed by atoms with Gasteiger partial charge in [0.1, 0.15) is 5.75 Å². The summed E-state index contributed by atoms with van der Waals surface area (Å²) < 4.78 is 5.29. The summed E-state index contributed by atoms with van der Waals surface area (Å²) in [6.45, 7) is 5.55. The molecule has 0 fully saturated rings. The zero-order valence-electron chi connectivity index (χ0n) is 13.5. The van der Waals surface area contributed by atoms with Gasteiger partial charge in [-0.3, -0.25) is 0 Å². The lowest BCUT2D eigenvalue weighted by atomic mass is 9.98. The molecule has 0 bridgehead atoms. The smallest absolute Gasteiger partial charge is 0.119 e. The standard InChI is InChI=1S/C19H27NO/c1-4-6-7-19(20-12-5-2)17-9-8-16-14-18(21-3)11-10-15(16)13-17/h8-11,13-14,19-20H,4-7,12H2,1-3H3. The number of hydrogen-bond acceptors (Lipinski definition) is 2. The van der Waals surface area contributed by atoms with E-state index in [1.54, 1.807) is 7.11 Å². The summed E-state index contributed by atoms with van der Waals surface area (Å²) in [5.74, 6) is 0.918. The first-order valence-electron chi connectivity index (χ1n) is 8.09. The fraction of sp³-hybridized carbons (Fsp3) is 0.474. The largest absolute Gasteiger partial charge is 0.497 e. The number of ether oxygens (including phenoxy) is 1. The molecule has 2 aromatic carbocycles. The fourth-order valence-corrected chi connectivity index (χ4v) is 2.70. The van der Waals surface area contributed by atoms with E-state index in [0.717, 1.165) is 12.3 Å². The van der Waals surface area contributed by atoms with E-state index in [1.165, 1.54) is 42.0 Å². The summed E-state index contributed by atoms with van der Waals surface area (Å²) in [5, 5.41) is 6.21. The molecule has 0 aliphatic rings. The lowest BCUT2D eigenvalue weighted by Gasteiger charge is -2.19. The first kappa shape index (κ1) is 15.8. The second-order valence-electron chi connectivity index (χ2n) is 5.62. The molecule has 0 aliphatic heterocycles. The molecule has 2 nitrogen and oxygen atoms in total. The van der Waals surface area contributed by atoms with Crippen molar-refractivity contribution in [2.24, 2.45) is 0 Å². The molecule has 0 amide bonds. The number of hydrogen-bond donors (Lipinski definition) is 1. The highest BCUT2D eigenvalue weighted by Crippen LogP contribution is 2.26. The first-order chi connectivity index (χ1) is 10.3. The number of methoxy groups -OCH3 is 1. The molecule has 0 spiro atoms. The van der Waals surface area contributed by atoms with Crippen molar-refractivity contribution in [3.63, 3.8) is 0 Å². The van der Waals surface area contributed by atoms with E-state index in [1.807, 2.05) is 6.07 Å². The van der Waals surface area contributed by atoms with E-state index in [2.05, 4.69) is 49.5 Å². The minimum atomic E-state index is 0.469. The molecule has 2 aromatic rings. The van der Waals surface area contributed by atoms with Crippen molar-refractivity contribution in [2.75, 3.05) is 13.7 Å². The van der Waals surface area contributed by atoms with Gasteiger partial charge in [0, 0.05) is 6.04 Å². The molecule has 1 unspecified atom stereocenters. The lowest BCUT2D eigenvalue weighted by Crippen LogP contribution is -2.22. The predicted molar refractivity (Wildman–Crippen MR) is 91.1 cm³/mol. The van der Waals surface area contributed by atoms with Gasteiger partial charge in [0.2, 0.25) is 0 Å². The van der Waals surface area contributed by atoms with E-state index in [9.17, 15) is 0 Å². The van der Waals surface area contributed by atoms with Crippen LogP contribution in [-0.4, -0.2) is 13.7 Å². The second kappa shape index (κ2) is 8.04. The highest BCUT2D eigenvalue weighted by atomic mass is 16.5. The Bertz CT molecular complexity index is 556. The van der Waals surface area contributed by atoms with Gasteiger partial charge in [-0.1, -0.05) is 44.9 Å². The summed E-state index contributed by atoms with van der Waals surface area (Å²) in [4.78, 5) is 0. The van der Waals surface area contributed by atoms with Crippen molar-refractivity contribution in [1.29, 1.82) is 0 Å². The van der Waals surface area contributed by atoms with Gasteiger partial charge in [0.25, 0.3) is 0 Å². The van der Waals surface area contributed by atoms with Crippen molar-refractivity contribution in [2.45, 2.75) is 45.6 Å². The molecule has 1 atom stereocenters. The molecule has 0 aromatic heterocycles. The predicted octanol–water partition coefficient (Wildman–Crippen LogP) is 5.08. The molecule has 0 heterocycles. The maximum atomic E-state index is 5.29. The second-order valence-corrected chi connectivity index (χ2v) is 5.62. The molecule has 114 valence electrons. The minimum absolute atomic E-state index is 0.469. The minimum Gasteiger partial charge on any atom is -0.497 e. The van der Waals surface area contributed by atoms with Crippen LogP contribution in [0.1, 0.15) is 51.1 Å². The molecule has 21 heavy (non-hydrogen) atoms. The van der Waals surface area contributed by atoms with Crippen LogP contribution in [-0.2, 0) is 0 Å². The van der Waals surface area contributed by atoms with Crippen LogP contribution in [0.3, 0.4) is 0 Å². The van der Waals surface area contributed by atoms with Crippen molar-refractivity contribution in [1.82, 2.24) is 5.32 Å². The average molecular weight is 285 g/mol. The third-order valence-corrected chi connectivity index (χ3v) is 3.96. The Morgan fingerprint density at radius 2 is 1.76 bits per heavy atom. The van der Waals surface area contributed by atoms with Crippen molar-refractivity contribution in [3.8, 4) is 5.75 Å². The molecular formula is C19H27NO. The van der Waals surface area contributed by atoms with Crippen LogP contribution in [0, 0.1) is 0 Å². The topological polar surface area (TPSA) is 21.3 Å². The van der Waals surface area contributed by atoms with Gasteiger partial charge in [-0.15, -0.1) is 0 Å². The highest BCUT2D eigenvalue weighted by molar-refractivity contribution is 5.84. The maximum absolute atomic E-state index is 5.29. The van der Waals surface area contributed by atoms with E-state index in [-0.39, 0.29) is 0 Å². The van der Waals surface area contributed by atoms with Crippen molar-refractivity contribution < 1.29 is 4.74 Å². The lowest BCUT2D eigenvalue weighted by molar-refractivity contribution is 0.415. The third-order valence-electron chi connectivity index (χ3n) is 3.96. The van der Waals surface area contributed by atoms with Gasteiger partial charge >= 0.3 is 0 Å². The number of benzene rings is 2. The van der Waals surface area contributed by atoms with Crippen LogP contribution >= 0.6 is 0 Å². The van der Waals surface area contributed by atoms with Crippen LogP contribution in [0.2, 0.25) is 0 Å². The van der Waals surface area contributed by atoms with Crippen LogP contribution in [0.15, 0.2) is 36.4 Å². The number of fused-ring (bicyclic) bond motifs is 1. The highest BCUT2D eigenvalue weighted by Gasteiger charge is 2.10. The SMILES string of the molecule is CCCCC(NCCC)c1ccc2cc(OC)ccc2c1. The van der Waals surface area contributed by atoms with Gasteiger partial charge in [0.15, 0.2) is 0 Å². The zero-order chi connectivity index (χ0) is 15.1. The van der Waals surface area contributed by atoms with Crippen molar-refractivity contribution in [3.05, 3.63) is 42.0 Å². The Labute approximate surface area is 128 Å². The molecule has 0 saturated heterocycles. The number of rotatable bonds is 8. The van der Waals surface area contributed by atoms with Crippen LogP contribution in [0.25, 0.3) is 10.8 Å². The number of unbranched alkanes of at least 4 members (excludes halogenated alkanes) is 1. The molecule has 0 saturated carbocycles. The maximum Gasteiger partial charge on any atom is 0.119 e. The molecule has 0 radical (unpaired) electrons. The fourth-order valence-electron chi connectivity index (χ4n) is 2.70.